The molecule has 1 fully saturated rings. The minimum atomic E-state index is -0.498. The van der Waals surface area contributed by atoms with Crippen molar-refractivity contribution in [3.05, 3.63) is 48.0 Å². The number of benzene rings is 2. The molecule has 4 nitrogen and oxygen atoms in total. The Morgan fingerprint density at radius 3 is 2.46 bits per heavy atom. The lowest BCUT2D eigenvalue weighted by Crippen LogP contribution is -2.42. The molecule has 4 heteroatoms. The Balaban J connectivity index is 1.50. The number of nitrogens with one attached hydrogen (secondary N) is 2. The summed E-state index contributed by atoms with van der Waals surface area (Å²) in [7, 11) is 0. The molecule has 1 saturated carbocycles. The Morgan fingerprint density at radius 1 is 1.08 bits per heavy atom. The molecule has 1 amide bonds. The van der Waals surface area contributed by atoms with Crippen molar-refractivity contribution >= 4 is 16.7 Å². The third-order valence-corrected chi connectivity index (χ3v) is 4.89. The van der Waals surface area contributed by atoms with Crippen molar-refractivity contribution in [1.82, 2.24) is 10.6 Å². The van der Waals surface area contributed by atoms with Crippen LogP contribution < -0.4 is 10.6 Å². The van der Waals surface area contributed by atoms with Gasteiger partial charge in [-0.1, -0.05) is 36.4 Å². The standard InChI is InChI=1S/C20H26N2O2/c1-14(23)22-19-10-8-18(9-11-19)21-13-20(24)17-7-6-15-4-2-3-5-16(15)12-17/h2-7,12,18-21,24H,8-11,13H2,1H3,(H,22,23)/t18?,19?,20-/m1/s1. The number of fused-ring (bicyclic) bond motifs is 1. The summed E-state index contributed by atoms with van der Waals surface area (Å²) in [5.41, 5.74) is 0.952. The lowest BCUT2D eigenvalue weighted by atomic mass is 9.91. The van der Waals surface area contributed by atoms with Gasteiger partial charge in [0.15, 0.2) is 0 Å². The van der Waals surface area contributed by atoms with Gasteiger partial charge in [-0.2, -0.15) is 0 Å². The minimum Gasteiger partial charge on any atom is -0.387 e. The van der Waals surface area contributed by atoms with E-state index in [0.717, 1.165) is 36.6 Å². The molecule has 0 radical (unpaired) electrons. The lowest BCUT2D eigenvalue weighted by molar-refractivity contribution is -0.119. The predicted octanol–water partition coefficient (Wildman–Crippen LogP) is 2.91. The number of aliphatic hydroxyl groups is 1. The highest BCUT2D eigenvalue weighted by Crippen LogP contribution is 2.22. The van der Waals surface area contributed by atoms with Crippen LogP contribution in [0.1, 0.15) is 44.3 Å². The molecule has 0 saturated heterocycles. The van der Waals surface area contributed by atoms with Gasteiger partial charge in [-0.05, 0) is 48.1 Å². The van der Waals surface area contributed by atoms with Crippen molar-refractivity contribution < 1.29 is 9.90 Å². The fourth-order valence-corrected chi connectivity index (χ4v) is 3.54. The Kier molecular flexibility index (Phi) is 5.48. The van der Waals surface area contributed by atoms with Crippen molar-refractivity contribution in [2.45, 2.75) is 50.8 Å². The molecule has 3 rings (SSSR count). The molecule has 1 aliphatic carbocycles. The zero-order chi connectivity index (χ0) is 16.9. The number of amides is 1. The van der Waals surface area contributed by atoms with Gasteiger partial charge in [0, 0.05) is 25.6 Å². The molecule has 0 unspecified atom stereocenters. The first-order chi connectivity index (χ1) is 11.6. The third-order valence-electron chi connectivity index (χ3n) is 4.89. The molecule has 0 heterocycles. The van der Waals surface area contributed by atoms with E-state index in [1.165, 1.54) is 5.39 Å². The molecule has 0 aromatic heterocycles. The van der Waals surface area contributed by atoms with Gasteiger partial charge < -0.3 is 15.7 Å². The zero-order valence-electron chi connectivity index (χ0n) is 14.2. The molecule has 2 aromatic rings. The zero-order valence-corrected chi connectivity index (χ0v) is 14.2. The first-order valence-corrected chi connectivity index (χ1v) is 8.79. The Bertz CT molecular complexity index is 693. The van der Waals surface area contributed by atoms with E-state index in [9.17, 15) is 9.90 Å². The van der Waals surface area contributed by atoms with Crippen LogP contribution in [0, 0.1) is 0 Å². The summed E-state index contributed by atoms with van der Waals surface area (Å²) in [6.45, 7) is 2.14. The van der Waals surface area contributed by atoms with Crippen molar-refractivity contribution in [2.75, 3.05) is 6.54 Å². The van der Waals surface area contributed by atoms with Gasteiger partial charge in [0.25, 0.3) is 0 Å². The SMILES string of the molecule is CC(=O)NC1CCC(NC[C@@H](O)c2ccc3ccccc3c2)CC1. The Hall–Kier alpha value is -1.91. The maximum atomic E-state index is 11.1. The number of hydrogen-bond acceptors (Lipinski definition) is 3. The topological polar surface area (TPSA) is 61.4 Å². The summed E-state index contributed by atoms with van der Waals surface area (Å²) in [6.07, 6.45) is 3.58. The third kappa shape index (κ3) is 4.34. The molecule has 1 aliphatic rings. The second kappa shape index (κ2) is 7.77. The summed E-state index contributed by atoms with van der Waals surface area (Å²) in [5.74, 6) is 0.0538. The first-order valence-electron chi connectivity index (χ1n) is 8.79. The maximum absolute atomic E-state index is 11.1. The van der Waals surface area contributed by atoms with Crippen LogP contribution in [-0.4, -0.2) is 29.6 Å². The summed E-state index contributed by atoms with van der Waals surface area (Å²) in [5, 5.41) is 19.3. The van der Waals surface area contributed by atoms with Crippen molar-refractivity contribution in [3.63, 3.8) is 0 Å². The number of carbonyl (C=O) groups excluding carboxylic acids is 1. The molecule has 0 aliphatic heterocycles. The van der Waals surface area contributed by atoms with E-state index < -0.39 is 6.10 Å². The van der Waals surface area contributed by atoms with E-state index in [2.05, 4.69) is 34.9 Å². The summed E-state index contributed by atoms with van der Waals surface area (Å²) >= 11 is 0. The largest absolute Gasteiger partial charge is 0.387 e. The maximum Gasteiger partial charge on any atom is 0.217 e. The lowest BCUT2D eigenvalue weighted by Gasteiger charge is -2.30. The van der Waals surface area contributed by atoms with Crippen LogP contribution in [0.5, 0.6) is 0 Å². The van der Waals surface area contributed by atoms with Gasteiger partial charge >= 0.3 is 0 Å². The van der Waals surface area contributed by atoms with Crippen LogP contribution in [0.4, 0.5) is 0 Å². The average molecular weight is 326 g/mol. The highest BCUT2D eigenvalue weighted by molar-refractivity contribution is 5.83. The fourth-order valence-electron chi connectivity index (χ4n) is 3.54. The number of aliphatic hydroxyl groups excluding tert-OH is 1. The molecule has 2 aromatic carbocycles. The van der Waals surface area contributed by atoms with Crippen LogP contribution >= 0.6 is 0 Å². The minimum absolute atomic E-state index is 0.0538. The van der Waals surface area contributed by atoms with Crippen molar-refractivity contribution in [2.24, 2.45) is 0 Å². The van der Waals surface area contributed by atoms with E-state index in [-0.39, 0.29) is 5.91 Å². The molecule has 3 N–H and O–H groups in total. The fraction of sp³-hybridized carbons (Fsp3) is 0.450. The van der Waals surface area contributed by atoms with E-state index in [4.69, 9.17) is 0 Å². The molecular weight excluding hydrogens is 300 g/mol. The van der Waals surface area contributed by atoms with Crippen molar-refractivity contribution in [1.29, 1.82) is 0 Å². The van der Waals surface area contributed by atoms with Gasteiger partial charge in [-0.25, -0.2) is 0 Å². The van der Waals surface area contributed by atoms with Gasteiger partial charge in [0.05, 0.1) is 6.10 Å². The number of hydrogen-bond donors (Lipinski definition) is 3. The van der Waals surface area contributed by atoms with Gasteiger partial charge in [0.1, 0.15) is 0 Å². The van der Waals surface area contributed by atoms with E-state index in [0.29, 0.717) is 18.6 Å². The second-order valence-electron chi connectivity index (χ2n) is 6.78. The average Bonchev–Trinajstić information content (AvgIpc) is 2.60. The smallest absolute Gasteiger partial charge is 0.217 e. The number of rotatable bonds is 5. The van der Waals surface area contributed by atoms with Gasteiger partial charge in [-0.15, -0.1) is 0 Å². The molecular formula is C20H26N2O2. The molecule has 128 valence electrons. The predicted molar refractivity (Wildman–Crippen MR) is 96.8 cm³/mol. The molecule has 1 atom stereocenters. The van der Waals surface area contributed by atoms with Gasteiger partial charge in [-0.3, -0.25) is 4.79 Å². The molecule has 0 bridgehead atoms. The summed E-state index contributed by atoms with van der Waals surface area (Å²) in [6, 6.07) is 15.1. The molecule has 24 heavy (non-hydrogen) atoms. The molecule has 0 spiro atoms. The monoisotopic (exact) mass is 326 g/mol. The Morgan fingerprint density at radius 2 is 1.75 bits per heavy atom. The van der Waals surface area contributed by atoms with E-state index in [1.54, 1.807) is 6.92 Å². The summed E-state index contributed by atoms with van der Waals surface area (Å²) in [4.78, 5) is 11.1. The van der Waals surface area contributed by atoms with Crippen LogP contribution in [0.25, 0.3) is 10.8 Å². The highest BCUT2D eigenvalue weighted by Gasteiger charge is 2.22. The van der Waals surface area contributed by atoms with Crippen molar-refractivity contribution in [3.8, 4) is 0 Å². The second-order valence-corrected chi connectivity index (χ2v) is 6.78. The normalized spacial score (nSPS) is 22.2. The van der Waals surface area contributed by atoms with Crippen LogP contribution in [-0.2, 0) is 4.79 Å². The van der Waals surface area contributed by atoms with E-state index in [1.807, 2.05) is 18.2 Å². The van der Waals surface area contributed by atoms with Crippen LogP contribution in [0.15, 0.2) is 42.5 Å². The Labute approximate surface area is 143 Å². The van der Waals surface area contributed by atoms with Crippen LogP contribution in [0.2, 0.25) is 0 Å². The van der Waals surface area contributed by atoms with Crippen LogP contribution in [0.3, 0.4) is 0 Å². The van der Waals surface area contributed by atoms with E-state index >= 15 is 0 Å². The quantitative estimate of drug-likeness (QED) is 0.792. The first kappa shape index (κ1) is 16.9. The number of carbonyl (C=O) groups is 1. The van der Waals surface area contributed by atoms with Gasteiger partial charge in [0.2, 0.25) is 5.91 Å². The summed E-state index contributed by atoms with van der Waals surface area (Å²) < 4.78 is 0. The highest BCUT2D eigenvalue weighted by atomic mass is 16.3.